The van der Waals surface area contributed by atoms with Gasteiger partial charge in [0, 0.05) is 0 Å². The fraction of sp³-hybridized carbons (Fsp3) is 0.577. The molecule has 1 heterocycles. The molecule has 2 amide bonds. The number of carbonyl (C=O) groups excluding carboxylic acids is 2. The average molecular weight is 501 g/mol. The summed E-state index contributed by atoms with van der Waals surface area (Å²) in [6.45, 7) is 4.77. The van der Waals surface area contributed by atoms with Gasteiger partial charge < -0.3 is 9.47 Å². The second-order valence-corrected chi connectivity index (χ2v) is 12.4. The van der Waals surface area contributed by atoms with Crippen molar-refractivity contribution < 1.29 is 19.1 Å². The summed E-state index contributed by atoms with van der Waals surface area (Å²) in [5, 5.41) is 1.27. The van der Waals surface area contributed by atoms with Crippen LogP contribution in [-0.2, 0) is 9.59 Å². The molecule has 0 unspecified atom stereocenters. The van der Waals surface area contributed by atoms with Gasteiger partial charge in [-0.2, -0.15) is 5.01 Å². The minimum absolute atomic E-state index is 0.0301. The first kappa shape index (κ1) is 23.7. The molecule has 1 N–H and O–H groups in total. The van der Waals surface area contributed by atoms with Gasteiger partial charge in [0.25, 0.3) is 5.91 Å². The molecule has 1 aromatic carbocycles. The quantitative estimate of drug-likeness (QED) is 0.411. The molecule has 182 valence electrons. The van der Waals surface area contributed by atoms with Gasteiger partial charge in [-0.15, -0.1) is 0 Å². The summed E-state index contributed by atoms with van der Waals surface area (Å²) in [6.07, 6.45) is 8.41. The van der Waals surface area contributed by atoms with Crippen LogP contribution in [0.3, 0.4) is 0 Å². The van der Waals surface area contributed by atoms with E-state index >= 15 is 0 Å². The third kappa shape index (κ3) is 4.47. The molecule has 1 aromatic rings. The Hall–Kier alpha value is -2.06. The van der Waals surface area contributed by atoms with Crippen molar-refractivity contribution in [2.75, 3.05) is 13.7 Å². The van der Waals surface area contributed by atoms with E-state index in [4.69, 9.17) is 21.7 Å². The van der Waals surface area contributed by atoms with E-state index in [0.29, 0.717) is 51.0 Å². The Morgan fingerprint density at radius 2 is 1.85 bits per heavy atom. The lowest BCUT2D eigenvalue weighted by molar-refractivity contribution is -0.152. The molecule has 0 radical (unpaired) electrons. The molecule has 5 aliphatic rings. The summed E-state index contributed by atoms with van der Waals surface area (Å²) in [7, 11) is 1.60. The van der Waals surface area contributed by atoms with Crippen molar-refractivity contribution in [3.05, 3.63) is 28.7 Å². The highest BCUT2D eigenvalue weighted by Crippen LogP contribution is 2.60. The van der Waals surface area contributed by atoms with Gasteiger partial charge in [-0.1, -0.05) is 31.7 Å². The fourth-order valence-corrected chi connectivity index (χ4v) is 7.65. The molecule has 6 nitrogen and oxygen atoms in total. The van der Waals surface area contributed by atoms with Crippen molar-refractivity contribution in [1.29, 1.82) is 0 Å². The number of hydrazine groups is 1. The van der Waals surface area contributed by atoms with Crippen molar-refractivity contribution in [2.45, 2.75) is 52.4 Å². The second-order valence-electron chi connectivity index (χ2n) is 10.8. The zero-order chi connectivity index (χ0) is 24.0. The van der Waals surface area contributed by atoms with E-state index in [2.05, 4.69) is 19.3 Å². The van der Waals surface area contributed by atoms with Crippen LogP contribution in [0.1, 0.15) is 57.9 Å². The van der Waals surface area contributed by atoms with Gasteiger partial charge in [0.05, 0.1) is 24.0 Å². The molecule has 5 fully saturated rings. The number of hydrogen-bond donors (Lipinski definition) is 1. The first-order valence-corrected chi connectivity index (χ1v) is 13.4. The van der Waals surface area contributed by atoms with Crippen LogP contribution in [-0.4, -0.2) is 34.9 Å². The molecule has 0 spiro atoms. The zero-order valence-electron chi connectivity index (χ0n) is 20.0. The summed E-state index contributed by atoms with van der Waals surface area (Å²) in [6, 6.07) is 5.58. The number of nitrogens with one attached hydrogen (secondary N) is 1. The average Bonchev–Trinajstić information content (AvgIpc) is 3.04. The highest BCUT2D eigenvalue weighted by Gasteiger charge is 2.55. The van der Waals surface area contributed by atoms with E-state index in [-0.39, 0.29) is 17.2 Å². The number of thiocarbonyl (C=S) groups is 1. The van der Waals surface area contributed by atoms with E-state index in [1.807, 2.05) is 18.2 Å². The summed E-state index contributed by atoms with van der Waals surface area (Å²) in [5.74, 6) is 3.34. The van der Waals surface area contributed by atoms with E-state index in [1.54, 1.807) is 13.2 Å². The molecule has 1 aliphatic heterocycles. The lowest BCUT2D eigenvalue weighted by Crippen LogP contribution is -2.57. The summed E-state index contributed by atoms with van der Waals surface area (Å²) >= 11 is 6.68. The molecular weight excluding hydrogens is 468 g/mol. The van der Waals surface area contributed by atoms with Crippen molar-refractivity contribution in [2.24, 2.45) is 29.1 Å². The van der Waals surface area contributed by atoms with Crippen molar-refractivity contribution in [3.63, 3.8) is 0 Å². The van der Waals surface area contributed by atoms with Crippen LogP contribution in [0.5, 0.6) is 11.5 Å². The Morgan fingerprint density at radius 1 is 1.21 bits per heavy atom. The molecule has 6 rings (SSSR count). The van der Waals surface area contributed by atoms with Crippen LogP contribution in [0.25, 0.3) is 6.08 Å². The minimum atomic E-state index is -0.332. The van der Waals surface area contributed by atoms with Crippen LogP contribution >= 0.6 is 24.0 Å². The van der Waals surface area contributed by atoms with Crippen molar-refractivity contribution in [3.8, 4) is 11.5 Å². The van der Waals surface area contributed by atoms with Gasteiger partial charge in [-0.25, -0.2) is 0 Å². The number of ether oxygens (including phenoxy) is 2. The largest absolute Gasteiger partial charge is 0.493 e. The predicted octanol–water partition coefficient (Wildman–Crippen LogP) is 5.18. The van der Waals surface area contributed by atoms with Gasteiger partial charge >= 0.3 is 0 Å². The van der Waals surface area contributed by atoms with Gasteiger partial charge in [-0.05, 0) is 98.2 Å². The maximum absolute atomic E-state index is 13.4. The highest BCUT2D eigenvalue weighted by atomic mass is 32.2. The number of methoxy groups -OCH3 is 1. The van der Waals surface area contributed by atoms with Crippen LogP contribution in [0.2, 0.25) is 0 Å². The second kappa shape index (κ2) is 9.19. The topological polar surface area (TPSA) is 67.9 Å². The molecule has 4 bridgehead atoms. The van der Waals surface area contributed by atoms with Crippen LogP contribution in [0.4, 0.5) is 0 Å². The molecule has 0 aromatic heterocycles. The number of rotatable bonds is 7. The van der Waals surface area contributed by atoms with Gasteiger partial charge in [-0.3, -0.25) is 15.0 Å². The van der Waals surface area contributed by atoms with E-state index in [1.165, 1.54) is 36.0 Å². The number of benzene rings is 1. The van der Waals surface area contributed by atoms with Crippen LogP contribution in [0, 0.1) is 29.1 Å². The Kier molecular flexibility index (Phi) is 6.40. The Morgan fingerprint density at radius 3 is 2.44 bits per heavy atom. The zero-order valence-corrected chi connectivity index (χ0v) is 21.6. The summed E-state index contributed by atoms with van der Waals surface area (Å²) < 4.78 is 11.7. The van der Waals surface area contributed by atoms with Crippen LogP contribution in [0.15, 0.2) is 23.1 Å². The SMILES string of the molecule is COc1cc(/C=C2\SC(=S)N(NC(=O)C34CC5CC(CC(C5)C3)C4)C2=O)ccc1OCC(C)C. The number of amides is 2. The van der Waals surface area contributed by atoms with E-state index in [9.17, 15) is 9.59 Å². The molecule has 34 heavy (non-hydrogen) atoms. The summed E-state index contributed by atoms with van der Waals surface area (Å²) in [4.78, 5) is 27.1. The molecular formula is C26H32N2O4S2. The van der Waals surface area contributed by atoms with Gasteiger partial charge in [0.2, 0.25) is 5.91 Å². The standard InChI is InChI=1S/C26H32N2O4S2/c1-15(2)14-32-20-5-4-16(9-21(20)31-3)10-22-23(29)28(25(33)34-22)27-24(30)26-11-17-6-18(12-26)8-19(7-17)13-26/h4-5,9-10,15,17-19H,6-8,11-14H2,1-3H3,(H,27,30)/b22-10-. The monoisotopic (exact) mass is 500 g/mol. The number of hydrogen-bond acceptors (Lipinski definition) is 6. The number of carbonyl (C=O) groups is 2. The number of thioether (sulfide) groups is 1. The Balaban J connectivity index is 1.29. The third-order valence-corrected chi connectivity index (χ3v) is 8.89. The predicted molar refractivity (Wildman–Crippen MR) is 137 cm³/mol. The lowest BCUT2D eigenvalue weighted by atomic mass is 9.49. The van der Waals surface area contributed by atoms with Gasteiger partial charge in [0.1, 0.15) is 0 Å². The van der Waals surface area contributed by atoms with E-state index in [0.717, 1.165) is 24.8 Å². The Labute approximate surface area is 210 Å². The maximum Gasteiger partial charge on any atom is 0.285 e. The Bertz CT molecular complexity index is 1020. The normalized spacial score (nSPS) is 31.0. The summed E-state index contributed by atoms with van der Waals surface area (Å²) in [5.41, 5.74) is 3.38. The molecule has 0 atom stereocenters. The number of nitrogens with zero attached hydrogens (tertiary/aromatic N) is 1. The van der Waals surface area contributed by atoms with Gasteiger partial charge in [0.15, 0.2) is 15.8 Å². The third-order valence-electron chi connectivity index (χ3n) is 7.58. The van der Waals surface area contributed by atoms with Crippen LogP contribution < -0.4 is 14.9 Å². The maximum atomic E-state index is 13.4. The van der Waals surface area contributed by atoms with Crippen molar-refractivity contribution >= 4 is 46.2 Å². The fourth-order valence-electron chi connectivity index (χ4n) is 6.47. The highest BCUT2D eigenvalue weighted by molar-refractivity contribution is 8.26. The van der Waals surface area contributed by atoms with Crippen molar-refractivity contribution in [1.82, 2.24) is 10.4 Å². The molecule has 4 aliphatic carbocycles. The first-order chi connectivity index (χ1) is 16.3. The first-order valence-electron chi connectivity index (χ1n) is 12.2. The smallest absolute Gasteiger partial charge is 0.285 e. The minimum Gasteiger partial charge on any atom is -0.493 e. The molecule has 4 saturated carbocycles. The molecule has 1 saturated heterocycles. The van der Waals surface area contributed by atoms with E-state index < -0.39 is 0 Å². The molecule has 8 heteroatoms. The lowest BCUT2D eigenvalue weighted by Gasteiger charge is -2.55.